The summed E-state index contributed by atoms with van der Waals surface area (Å²) in [5.74, 6) is -0.703. The van der Waals surface area contributed by atoms with E-state index in [4.69, 9.17) is 18.9 Å². The topological polar surface area (TPSA) is 129 Å². The zero-order valence-electron chi connectivity index (χ0n) is 19.8. The molecule has 0 spiro atoms. The molecule has 1 fully saturated rings. The minimum absolute atomic E-state index is 0.00651. The maximum Gasteiger partial charge on any atom is 0.302 e. The van der Waals surface area contributed by atoms with Crippen LogP contribution in [0.3, 0.4) is 0 Å². The fourth-order valence-electron chi connectivity index (χ4n) is 4.69. The van der Waals surface area contributed by atoms with Gasteiger partial charge in [-0.15, -0.1) is 0 Å². The van der Waals surface area contributed by atoms with Gasteiger partial charge in [-0.3, -0.25) is 14.4 Å². The van der Waals surface area contributed by atoms with Gasteiger partial charge >= 0.3 is 11.9 Å². The Morgan fingerprint density at radius 1 is 1.06 bits per heavy atom. The number of Topliss-reactive ketones (excluding diaryl/α,β-unsaturated/α-hetero) is 1. The fourth-order valence-corrected chi connectivity index (χ4v) is 4.69. The Labute approximate surface area is 202 Å². The van der Waals surface area contributed by atoms with E-state index in [1.807, 2.05) is 0 Å². The molecule has 35 heavy (non-hydrogen) atoms. The molecule has 1 saturated heterocycles. The molecule has 2 heterocycles. The van der Waals surface area contributed by atoms with Crippen molar-refractivity contribution >= 4 is 17.7 Å². The lowest BCUT2D eigenvalue weighted by molar-refractivity contribution is -0.169. The molecule has 0 bridgehead atoms. The van der Waals surface area contributed by atoms with E-state index in [-0.39, 0.29) is 30.3 Å². The number of aromatic hydroxyl groups is 2. The number of carbonyl (C=O) groups excluding carboxylic acids is 3. The molecule has 2 aromatic carbocycles. The van der Waals surface area contributed by atoms with Gasteiger partial charge in [0, 0.05) is 38.3 Å². The summed E-state index contributed by atoms with van der Waals surface area (Å²) in [6.45, 7) is 4.34. The summed E-state index contributed by atoms with van der Waals surface area (Å²) in [7, 11) is 0. The summed E-state index contributed by atoms with van der Waals surface area (Å²) in [4.78, 5) is 35.7. The summed E-state index contributed by atoms with van der Waals surface area (Å²) < 4.78 is 22.7. The van der Waals surface area contributed by atoms with Crippen LogP contribution in [0.1, 0.15) is 72.4 Å². The van der Waals surface area contributed by atoms with E-state index in [1.54, 1.807) is 19.1 Å². The first-order valence-electron chi connectivity index (χ1n) is 11.4. The minimum Gasteiger partial charge on any atom is -0.508 e. The van der Waals surface area contributed by atoms with E-state index >= 15 is 0 Å². The van der Waals surface area contributed by atoms with Crippen LogP contribution in [0.5, 0.6) is 17.2 Å². The van der Waals surface area contributed by atoms with Gasteiger partial charge in [0.05, 0.1) is 24.2 Å². The van der Waals surface area contributed by atoms with Gasteiger partial charge in [-0.05, 0) is 36.2 Å². The summed E-state index contributed by atoms with van der Waals surface area (Å²) in [6, 6.07) is 7.81. The maximum atomic E-state index is 12.8. The summed E-state index contributed by atoms with van der Waals surface area (Å²) in [5, 5.41) is 20.6. The molecule has 2 aromatic rings. The minimum atomic E-state index is -0.647. The molecule has 2 aliphatic rings. The molecule has 9 nitrogen and oxygen atoms in total. The number of rotatable bonds is 5. The molecule has 4 atom stereocenters. The second-order valence-corrected chi connectivity index (χ2v) is 8.94. The Morgan fingerprint density at radius 2 is 1.83 bits per heavy atom. The third-order valence-electron chi connectivity index (χ3n) is 6.14. The number of benzene rings is 2. The highest BCUT2D eigenvalue weighted by Gasteiger charge is 2.35. The predicted molar refractivity (Wildman–Crippen MR) is 122 cm³/mol. The van der Waals surface area contributed by atoms with Crippen molar-refractivity contribution in [3.63, 3.8) is 0 Å². The van der Waals surface area contributed by atoms with Crippen LogP contribution in [0.25, 0.3) is 0 Å². The van der Waals surface area contributed by atoms with E-state index < -0.39 is 36.4 Å². The fraction of sp³-hybridized carbons (Fsp3) is 0.423. The van der Waals surface area contributed by atoms with Crippen molar-refractivity contribution in [1.82, 2.24) is 0 Å². The third kappa shape index (κ3) is 5.57. The van der Waals surface area contributed by atoms with Crippen molar-refractivity contribution in [2.45, 2.75) is 64.4 Å². The van der Waals surface area contributed by atoms with Gasteiger partial charge < -0.3 is 29.2 Å². The highest BCUT2D eigenvalue weighted by atomic mass is 16.6. The molecule has 2 N–H and O–H groups in total. The largest absolute Gasteiger partial charge is 0.508 e. The number of phenols is 2. The van der Waals surface area contributed by atoms with E-state index in [0.717, 1.165) is 0 Å². The van der Waals surface area contributed by atoms with Crippen molar-refractivity contribution in [2.75, 3.05) is 6.61 Å². The summed E-state index contributed by atoms with van der Waals surface area (Å²) >= 11 is 0. The van der Waals surface area contributed by atoms with Crippen molar-refractivity contribution in [3.05, 3.63) is 52.6 Å². The second kappa shape index (κ2) is 9.95. The van der Waals surface area contributed by atoms with Crippen molar-refractivity contribution in [3.8, 4) is 17.2 Å². The summed E-state index contributed by atoms with van der Waals surface area (Å²) in [5.41, 5.74) is 2.18. The van der Waals surface area contributed by atoms with Gasteiger partial charge in [-0.25, -0.2) is 0 Å². The Bertz CT molecular complexity index is 1160. The number of phenolic OH excluding ortho intramolecular Hbond substituents is 2. The second-order valence-electron chi connectivity index (χ2n) is 8.94. The van der Waals surface area contributed by atoms with Crippen LogP contribution in [-0.2, 0) is 23.8 Å². The SMILES string of the molecule is CC(=O)OCC1CC(OC(C)=O)CC(c2cc(C3CC(=O)c4c(C)cc(O)cc4O3)ccc2O)O1. The number of carbonyl (C=O) groups is 3. The number of aryl methyl sites for hydroxylation is 1. The summed E-state index contributed by atoms with van der Waals surface area (Å²) in [6.07, 6.45) is -1.54. The average molecular weight is 485 g/mol. The third-order valence-corrected chi connectivity index (χ3v) is 6.14. The number of esters is 2. The highest BCUT2D eigenvalue weighted by molar-refractivity contribution is 6.01. The van der Waals surface area contributed by atoms with E-state index in [1.165, 1.54) is 32.0 Å². The highest BCUT2D eigenvalue weighted by Crippen LogP contribution is 2.42. The van der Waals surface area contributed by atoms with Gasteiger partial charge in [-0.2, -0.15) is 0 Å². The predicted octanol–water partition coefficient (Wildman–Crippen LogP) is 3.83. The van der Waals surface area contributed by atoms with Crippen molar-refractivity contribution in [2.24, 2.45) is 0 Å². The smallest absolute Gasteiger partial charge is 0.302 e. The van der Waals surface area contributed by atoms with Crippen LogP contribution in [0, 0.1) is 6.92 Å². The molecule has 0 aromatic heterocycles. The number of ether oxygens (including phenoxy) is 4. The Hall–Kier alpha value is -3.59. The molecule has 9 heteroatoms. The van der Waals surface area contributed by atoms with Crippen LogP contribution in [0.15, 0.2) is 30.3 Å². The van der Waals surface area contributed by atoms with E-state index in [0.29, 0.717) is 40.8 Å². The van der Waals surface area contributed by atoms with Crippen LogP contribution in [-0.4, -0.2) is 46.7 Å². The monoisotopic (exact) mass is 484 g/mol. The normalized spacial score (nSPS) is 23.7. The van der Waals surface area contributed by atoms with E-state index in [9.17, 15) is 24.6 Å². The van der Waals surface area contributed by atoms with Crippen molar-refractivity contribution < 1.29 is 43.5 Å². The van der Waals surface area contributed by atoms with Crippen LogP contribution < -0.4 is 4.74 Å². The number of hydrogen-bond donors (Lipinski definition) is 2. The average Bonchev–Trinajstić information content (AvgIpc) is 2.76. The van der Waals surface area contributed by atoms with Gasteiger partial charge in [-0.1, -0.05) is 6.07 Å². The zero-order chi connectivity index (χ0) is 25.3. The maximum absolute atomic E-state index is 12.8. The first kappa shape index (κ1) is 24.5. The Balaban J connectivity index is 1.61. The molecule has 0 amide bonds. The van der Waals surface area contributed by atoms with Gasteiger partial charge in [0.25, 0.3) is 0 Å². The van der Waals surface area contributed by atoms with E-state index in [2.05, 4.69) is 0 Å². The standard InChI is InChI=1S/C26H28O9/c1-13-6-17(29)8-25-26(13)22(31)11-23(35-25)16-4-5-21(30)20(7-16)24-10-18(33-15(3)28)9-19(34-24)12-32-14(2)27/h4-8,18-19,23-24,29-30H,9-12H2,1-3H3. The lowest BCUT2D eigenvalue weighted by atomic mass is 9.90. The lowest BCUT2D eigenvalue weighted by Gasteiger charge is -2.35. The molecular weight excluding hydrogens is 456 g/mol. The first-order valence-corrected chi connectivity index (χ1v) is 11.4. The molecule has 4 rings (SSSR count). The number of hydrogen-bond acceptors (Lipinski definition) is 9. The van der Waals surface area contributed by atoms with Crippen LogP contribution in [0.2, 0.25) is 0 Å². The lowest BCUT2D eigenvalue weighted by Crippen LogP contribution is -2.37. The Kier molecular flexibility index (Phi) is 6.98. The van der Waals surface area contributed by atoms with Crippen molar-refractivity contribution in [1.29, 1.82) is 0 Å². The molecule has 0 radical (unpaired) electrons. The quantitative estimate of drug-likeness (QED) is 0.608. The molecule has 0 saturated carbocycles. The first-order chi connectivity index (χ1) is 16.6. The Morgan fingerprint density at radius 3 is 2.54 bits per heavy atom. The molecular formula is C26H28O9. The molecule has 4 unspecified atom stereocenters. The van der Waals surface area contributed by atoms with Crippen LogP contribution in [0.4, 0.5) is 0 Å². The molecule has 2 aliphatic heterocycles. The van der Waals surface area contributed by atoms with Gasteiger partial charge in [0.15, 0.2) is 5.78 Å². The van der Waals surface area contributed by atoms with Gasteiger partial charge in [0.2, 0.25) is 0 Å². The zero-order valence-corrected chi connectivity index (χ0v) is 19.8. The van der Waals surface area contributed by atoms with Crippen LogP contribution >= 0.6 is 0 Å². The number of ketones is 1. The number of fused-ring (bicyclic) bond motifs is 1. The molecule has 0 aliphatic carbocycles. The molecule has 186 valence electrons. The van der Waals surface area contributed by atoms with Gasteiger partial charge in [0.1, 0.15) is 36.1 Å².